The third-order valence-electron chi connectivity index (χ3n) is 3.12. The molecule has 0 bridgehead atoms. The van der Waals surface area contributed by atoms with E-state index in [1.54, 1.807) is 0 Å². The van der Waals surface area contributed by atoms with Gasteiger partial charge in [0.1, 0.15) is 6.61 Å². The fraction of sp³-hybridized carbons (Fsp3) is 0.818. The van der Waals surface area contributed by atoms with E-state index in [1.165, 1.54) is 12.8 Å². The zero-order valence-electron chi connectivity index (χ0n) is 9.90. The van der Waals surface area contributed by atoms with Gasteiger partial charge in [-0.15, -0.1) is 0 Å². The Labute approximate surface area is 95.6 Å². The number of nitrogens with zero attached hydrogens (tertiary/aromatic N) is 2. The van der Waals surface area contributed by atoms with Crippen LogP contribution in [0.3, 0.4) is 0 Å². The molecule has 5 nitrogen and oxygen atoms in total. The lowest BCUT2D eigenvalue weighted by molar-refractivity contribution is 0.126. The number of aromatic nitrogens is 2. The number of ether oxygens (including phenoxy) is 1. The predicted molar refractivity (Wildman–Crippen MR) is 59.1 cm³/mol. The van der Waals surface area contributed by atoms with Gasteiger partial charge in [0, 0.05) is 12.6 Å². The van der Waals surface area contributed by atoms with Crippen LogP contribution in [0.1, 0.15) is 43.8 Å². The van der Waals surface area contributed by atoms with Gasteiger partial charge in [-0.25, -0.2) is 0 Å². The molecule has 1 saturated carbocycles. The van der Waals surface area contributed by atoms with Gasteiger partial charge >= 0.3 is 0 Å². The first-order valence-electron chi connectivity index (χ1n) is 5.92. The van der Waals surface area contributed by atoms with Gasteiger partial charge in [0.2, 0.25) is 5.89 Å². The molecule has 2 atom stereocenters. The van der Waals surface area contributed by atoms with E-state index in [0.29, 0.717) is 31.0 Å². The van der Waals surface area contributed by atoms with E-state index < -0.39 is 0 Å². The summed E-state index contributed by atoms with van der Waals surface area (Å²) in [4.78, 5) is 4.39. The van der Waals surface area contributed by atoms with Crippen LogP contribution in [0.4, 0.5) is 0 Å². The third kappa shape index (κ3) is 2.41. The molecular weight excluding hydrogens is 206 g/mol. The average molecular weight is 225 g/mol. The van der Waals surface area contributed by atoms with Gasteiger partial charge in [-0.05, 0) is 26.8 Å². The van der Waals surface area contributed by atoms with Crippen molar-refractivity contribution in [3.05, 3.63) is 11.7 Å². The van der Waals surface area contributed by atoms with Crippen molar-refractivity contribution in [1.29, 1.82) is 0 Å². The van der Waals surface area contributed by atoms with Crippen molar-refractivity contribution in [3.8, 4) is 0 Å². The van der Waals surface area contributed by atoms with Crippen molar-refractivity contribution in [3.63, 3.8) is 0 Å². The van der Waals surface area contributed by atoms with Gasteiger partial charge in [-0.1, -0.05) is 11.6 Å². The third-order valence-corrected chi connectivity index (χ3v) is 3.12. The van der Waals surface area contributed by atoms with Crippen molar-refractivity contribution in [2.75, 3.05) is 13.7 Å². The van der Waals surface area contributed by atoms with E-state index >= 15 is 0 Å². The first kappa shape index (κ1) is 11.5. The molecule has 5 heteroatoms. The number of hydrogen-bond donors (Lipinski definition) is 1. The minimum Gasteiger partial charge on any atom is -0.374 e. The van der Waals surface area contributed by atoms with E-state index in [1.807, 2.05) is 14.0 Å². The van der Waals surface area contributed by atoms with E-state index in [0.717, 1.165) is 12.3 Å². The number of likely N-dealkylation sites (N-methyl/N-ethyl adjacent to an activating group) is 1. The summed E-state index contributed by atoms with van der Waals surface area (Å²) in [7, 11) is 1.99. The smallest absolute Gasteiger partial charge is 0.231 e. The fourth-order valence-electron chi connectivity index (χ4n) is 2.27. The Balaban J connectivity index is 2.00. The topological polar surface area (TPSA) is 60.2 Å². The monoisotopic (exact) mass is 225 g/mol. The maximum Gasteiger partial charge on any atom is 0.231 e. The molecule has 0 radical (unpaired) electrons. The van der Waals surface area contributed by atoms with Crippen LogP contribution in [0.5, 0.6) is 0 Å². The summed E-state index contributed by atoms with van der Waals surface area (Å²) in [6, 6.07) is 0.473. The molecule has 1 aromatic rings. The van der Waals surface area contributed by atoms with E-state index in [-0.39, 0.29) is 0 Å². The highest BCUT2D eigenvalue weighted by Crippen LogP contribution is 2.33. The number of nitrogens with one attached hydrogen (secondary N) is 1. The van der Waals surface area contributed by atoms with Crippen molar-refractivity contribution in [2.24, 2.45) is 0 Å². The first-order valence-corrected chi connectivity index (χ1v) is 5.92. The van der Waals surface area contributed by atoms with Crippen molar-refractivity contribution in [2.45, 2.75) is 44.8 Å². The summed E-state index contributed by atoms with van der Waals surface area (Å²) < 4.78 is 10.5. The highest BCUT2D eigenvalue weighted by Gasteiger charge is 2.31. The Morgan fingerprint density at radius 2 is 2.38 bits per heavy atom. The van der Waals surface area contributed by atoms with E-state index in [4.69, 9.17) is 9.26 Å². The molecule has 0 aromatic carbocycles. The second-order valence-corrected chi connectivity index (χ2v) is 4.12. The lowest BCUT2D eigenvalue weighted by Gasteiger charge is -2.14. The predicted octanol–water partition coefficient (Wildman–Crippen LogP) is 1.46. The summed E-state index contributed by atoms with van der Waals surface area (Å²) in [6.45, 7) is 3.07. The molecule has 2 unspecified atom stereocenters. The van der Waals surface area contributed by atoms with Crippen LogP contribution in [0, 0.1) is 0 Å². The molecule has 0 spiro atoms. The molecule has 0 amide bonds. The summed E-state index contributed by atoms with van der Waals surface area (Å²) >= 11 is 0. The lowest BCUT2D eigenvalue weighted by atomic mass is 10.0. The zero-order valence-corrected chi connectivity index (χ0v) is 9.90. The average Bonchev–Trinajstić information content (AvgIpc) is 2.94. The van der Waals surface area contributed by atoms with Crippen molar-refractivity contribution < 1.29 is 9.26 Å². The van der Waals surface area contributed by atoms with Crippen LogP contribution < -0.4 is 5.32 Å². The lowest BCUT2D eigenvalue weighted by Crippen LogP contribution is -2.27. The molecule has 1 aromatic heterocycles. The SMILES string of the molecule is CCOCc1noc(C2CCCC2NC)n1. The van der Waals surface area contributed by atoms with Crippen LogP contribution in [-0.4, -0.2) is 29.8 Å². The van der Waals surface area contributed by atoms with Crippen molar-refractivity contribution in [1.82, 2.24) is 15.5 Å². The van der Waals surface area contributed by atoms with Crippen LogP contribution in [0.15, 0.2) is 4.52 Å². The van der Waals surface area contributed by atoms with Gasteiger partial charge in [0.05, 0.1) is 5.92 Å². The highest BCUT2D eigenvalue weighted by atomic mass is 16.5. The molecule has 0 aliphatic heterocycles. The largest absolute Gasteiger partial charge is 0.374 e. The molecule has 2 rings (SSSR count). The van der Waals surface area contributed by atoms with Gasteiger partial charge < -0.3 is 14.6 Å². The maximum atomic E-state index is 5.30. The molecule has 90 valence electrons. The molecule has 16 heavy (non-hydrogen) atoms. The Morgan fingerprint density at radius 3 is 3.12 bits per heavy atom. The van der Waals surface area contributed by atoms with Crippen LogP contribution >= 0.6 is 0 Å². The number of rotatable bonds is 5. The van der Waals surface area contributed by atoms with E-state index in [9.17, 15) is 0 Å². The Hall–Kier alpha value is -0.940. The fourth-order valence-corrected chi connectivity index (χ4v) is 2.27. The van der Waals surface area contributed by atoms with Gasteiger partial charge in [0.25, 0.3) is 0 Å². The zero-order chi connectivity index (χ0) is 11.4. The standard InChI is InChI=1S/C11H19N3O2/c1-3-15-7-10-13-11(16-14-10)8-5-4-6-9(8)12-2/h8-9,12H,3-7H2,1-2H3. The highest BCUT2D eigenvalue weighted by molar-refractivity contribution is 5.02. The van der Waals surface area contributed by atoms with Crippen LogP contribution in [0.25, 0.3) is 0 Å². The summed E-state index contributed by atoms with van der Waals surface area (Å²) in [6.07, 6.45) is 3.53. The summed E-state index contributed by atoms with van der Waals surface area (Å²) in [5, 5.41) is 7.23. The summed E-state index contributed by atoms with van der Waals surface area (Å²) in [5.74, 6) is 1.78. The molecule has 1 fully saturated rings. The Bertz CT molecular complexity index is 327. The maximum absolute atomic E-state index is 5.30. The minimum atomic E-state index is 0.368. The Kier molecular flexibility index (Phi) is 3.90. The first-order chi connectivity index (χ1) is 7.85. The minimum absolute atomic E-state index is 0.368. The second kappa shape index (κ2) is 5.41. The molecular formula is C11H19N3O2. The Morgan fingerprint density at radius 1 is 1.50 bits per heavy atom. The molecule has 0 saturated heterocycles. The molecule has 1 aliphatic carbocycles. The molecule has 1 aliphatic rings. The van der Waals surface area contributed by atoms with E-state index in [2.05, 4.69) is 15.5 Å². The molecule has 1 heterocycles. The second-order valence-electron chi connectivity index (χ2n) is 4.12. The van der Waals surface area contributed by atoms with Crippen LogP contribution in [-0.2, 0) is 11.3 Å². The number of hydrogen-bond acceptors (Lipinski definition) is 5. The van der Waals surface area contributed by atoms with Gasteiger partial charge in [-0.2, -0.15) is 4.98 Å². The van der Waals surface area contributed by atoms with Gasteiger partial charge in [0.15, 0.2) is 5.82 Å². The summed E-state index contributed by atoms with van der Waals surface area (Å²) in [5.41, 5.74) is 0. The van der Waals surface area contributed by atoms with Crippen molar-refractivity contribution >= 4 is 0 Å². The quantitative estimate of drug-likeness (QED) is 0.822. The van der Waals surface area contributed by atoms with Gasteiger partial charge in [-0.3, -0.25) is 0 Å². The van der Waals surface area contributed by atoms with Crippen LogP contribution in [0.2, 0.25) is 0 Å². The molecule has 1 N–H and O–H groups in total. The normalized spacial score (nSPS) is 25.1.